The van der Waals surface area contributed by atoms with Crippen molar-refractivity contribution >= 4 is 17.7 Å². The molecule has 4 heteroatoms. The Morgan fingerprint density at radius 1 is 1.32 bits per heavy atom. The maximum atomic E-state index is 12.8. The third-order valence-corrected chi connectivity index (χ3v) is 4.67. The van der Waals surface area contributed by atoms with Gasteiger partial charge < -0.3 is 4.90 Å². The molecule has 1 aliphatic rings. The van der Waals surface area contributed by atoms with Gasteiger partial charge in [-0.3, -0.25) is 4.79 Å². The Labute approximate surface area is 118 Å². The van der Waals surface area contributed by atoms with E-state index in [1.165, 1.54) is 23.9 Å². The predicted octanol–water partition coefficient (Wildman–Crippen LogP) is 3.56. The van der Waals surface area contributed by atoms with Crippen molar-refractivity contribution < 1.29 is 9.18 Å². The van der Waals surface area contributed by atoms with Crippen molar-refractivity contribution in [2.45, 2.75) is 36.8 Å². The van der Waals surface area contributed by atoms with Gasteiger partial charge in [0.05, 0.1) is 5.25 Å². The molecule has 104 valence electrons. The van der Waals surface area contributed by atoms with E-state index in [1.807, 2.05) is 11.8 Å². The highest BCUT2D eigenvalue weighted by atomic mass is 32.2. The minimum atomic E-state index is -0.242. The number of benzene rings is 1. The van der Waals surface area contributed by atoms with Crippen LogP contribution in [0.15, 0.2) is 29.2 Å². The van der Waals surface area contributed by atoms with Crippen molar-refractivity contribution in [1.29, 1.82) is 0 Å². The van der Waals surface area contributed by atoms with Gasteiger partial charge in [0.15, 0.2) is 0 Å². The lowest BCUT2D eigenvalue weighted by Gasteiger charge is -2.32. The first kappa shape index (κ1) is 14.4. The number of carbonyl (C=O) groups excluding carboxylic acids is 1. The molecule has 0 aromatic heterocycles. The lowest BCUT2D eigenvalue weighted by Crippen LogP contribution is -2.41. The van der Waals surface area contributed by atoms with Crippen molar-refractivity contribution in [3.8, 4) is 0 Å². The lowest BCUT2D eigenvalue weighted by molar-refractivity contribution is -0.131. The summed E-state index contributed by atoms with van der Waals surface area (Å²) < 4.78 is 12.8. The monoisotopic (exact) mass is 281 g/mol. The van der Waals surface area contributed by atoms with Crippen molar-refractivity contribution in [2.75, 3.05) is 13.1 Å². The first-order valence-corrected chi connectivity index (χ1v) is 7.65. The summed E-state index contributed by atoms with van der Waals surface area (Å²) in [6, 6.07) is 6.31. The number of likely N-dealkylation sites (tertiary alicyclic amines) is 1. The average Bonchev–Trinajstić information content (AvgIpc) is 2.41. The van der Waals surface area contributed by atoms with E-state index in [-0.39, 0.29) is 17.0 Å². The molecule has 1 aliphatic heterocycles. The van der Waals surface area contributed by atoms with Crippen molar-refractivity contribution in [1.82, 2.24) is 4.90 Å². The highest BCUT2D eigenvalue weighted by molar-refractivity contribution is 8.00. The first-order valence-electron chi connectivity index (χ1n) is 6.77. The molecule has 0 saturated carbocycles. The number of carbonyl (C=O) groups is 1. The predicted molar refractivity (Wildman–Crippen MR) is 76.7 cm³/mol. The summed E-state index contributed by atoms with van der Waals surface area (Å²) in [5.74, 6) is 0.679. The summed E-state index contributed by atoms with van der Waals surface area (Å²) in [7, 11) is 0. The Kier molecular flexibility index (Phi) is 4.86. The van der Waals surface area contributed by atoms with E-state index in [0.717, 1.165) is 36.7 Å². The van der Waals surface area contributed by atoms with Gasteiger partial charge in [-0.2, -0.15) is 0 Å². The molecule has 2 nitrogen and oxygen atoms in total. The van der Waals surface area contributed by atoms with Crippen LogP contribution >= 0.6 is 11.8 Å². The molecule has 2 rings (SSSR count). The Morgan fingerprint density at radius 3 is 2.47 bits per heavy atom. The molecule has 0 bridgehead atoms. The van der Waals surface area contributed by atoms with Gasteiger partial charge >= 0.3 is 0 Å². The van der Waals surface area contributed by atoms with Crippen molar-refractivity contribution in [3.05, 3.63) is 30.1 Å². The summed E-state index contributed by atoms with van der Waals surface area (Å²) in [6.07, 6.45) is 2.19. The number of piperidine rings is 1. The van der Waals surface area contributed by atoms with Crippen LogP contribution in [0.2, 0.25) is 0 Å². The molecule has 0 radical (unpaired) electrons. The molecule has 1 heterocycles. The molecule has 1 unspecified atom stereocenters. The third kappa shape index (κ3) is 3.96. The molecule has 0 spiro atoms. The minimum absolute atomic E-state index is 0.112. The number of nitrogens with zero attached hydrogens (tertiary/aromatic N) is 1. The zero-order valence-electron chi connectivity index (χ0n) is 11.4. The minimum Gasteiger partial charge on any atom is -0.342 e. The summed E-state index contributed by atoms with van der Waals surface area (Å²) in [4.78, 5) is 15.2. The molecule has 1 aromatic carbocycles. The van der Waals surface area contributed by atoms with E-state index in [0.29, 0.717) is 0 Å². The first-order chi connectivity index (χ1) is 9.06. The molecule has 0 N–H and O–H groups in total. The topological polar surface area (TPSA) is 20.3 Å². The number of amides is 1. The Balaban J connectivity index is 1.90. The van der Waals surface area contributed by atoms with Crippen LogP contribution in [0.25, 0.3) is 0 Å². The summed E-state index contributed by atoms with van der Waals surface area (Å²) >= 11 is 1.50. The fraction of sp³-hybridized carbons (Fsp3) is 0.533. The van der Waals surface area contributed by atoms with E-state index in [2.05, 4.69) is 6.92 Å². The van der Waals surface area contributed by atoms with Crippen molar-refractivity contribution in [2.24, 2.45) is 5.92 Å². The molecule has 1 amide bonds. The van der Waals surface area contributed by atoms with Crippen LogP contribution in [0.5, 0.6) is 0 Å². The van der Waals surface area contributed by atoms with E-state index in [1.54, 1.807) is 12.1 Å². The van der Waals surface area contributed by atoms with Gasteiger partial charge in [-0.05, 0) is 49.9 Å². The number of thioether (sulfide) groups is 1. The van der Waals surface area contributed by atoms with Crippen LogP contribution < -0.4 is 0 Å². The normalized spacial score (nSPS) is 18.4. The Hall–Kier alpha value is -1.03. The van der Waals surface area contributed by atoms with Crippen LogP contribution in [0.1, 0.15) is 26.7 Å². The summed E-state index contributed by atoms with van der Waals surface area (Å²) in [5, 5.41) is -0.112. The second-order valence-electron chi connectivity index (χ2n) is 5.22. The maximum absolute atomic E-state index is 12.8. The molecule has 1 aromatic rings. The lowest BCUT2D eigenvalue weighted by atomic mass is 9.99. The summed E-state index contributed by atoms with van der Waals surface area (Å²) in [5.41, 5.74) is 0. The second kappa shape index (κ2) is 6.42. The van der Waals surface area contributed by atoms with Gasteiger partial charge in [-0.15, -0.1) is 11.8 Å². The number of hydrogen-bond acceptors (Lipinski definition) is 2. The Bertz CT molecular complexity index is 426. The molecule has 1 saturated heterocycles. The largest absolute Gasteiger partial charge is 0.342 e. The highest BCUT2D eigenvalue weighted by Crippen LogP contribution is 2.26. The quantitative estimate of drug-likeness (QED) is 0.790. The van der Waals surface area contributed by atoms with Gasteiger partial charge in [0.25, 0.3) is 0 Å². The fourth-order valence-electron chi connectivity index (χ4n) is 2.25. The fourth-order valence-corrected chi connectivity index (χ4v) is 3.21. The van der Waals surface area contributed by atoms with E-state index < -0.39 is 0 Å². The number of halogens is 1. The van der Waals surface area contributed by atoms with Crippen LogP contribution in [-0.2, 0) is 4.79 Å². The van der Waals surface area contributed by atoms with E-state index in [4.69, 9.17) is 0 Å². The van der Waals surface area contributed by atoms with Crippen LogP contribution in [-0.4, -0.2) is 29.1 Å². The van der Waals surface area contributed by atoms with Gasteiger partial charge in [-0.25, -0.2) is 4.39 Å². The number of hydrogen-bond donors (Lipinski definition) is 0. The third-order valence-electron chi connectivity index (χ3n) is 3.57. The number of rotatable bonds is 3. The van der Waals surface area contributed by atoms with E-state index >= 15 is 0 Å². The SMILES string of the molecule is CC1CCN(C(=O)C(C)Sc2ccc(F)cc2)CC1. The molecule has 19 heavy (non-hydrogen) atoms. The van der Waals surface area contributed by atoms with Crippen LogP contribution in [0.3, 0.4) is 0 Å². The molecular weight excluding hydrogens is 261 g/mol. The zero-order chi connectivity index (χ0) is 13.8. The smallest absolute Gasteiger partial charge is 0.235 e. The average molecular weight is 281 g/mol. The zero-order valence-corrected chi connectivity index (χ0v) is 12.3. The van der Waals surface area contributed by atoms with Gasteiger partial charge in [0.2, 0.25) is 5.91 Å². The molecule has 1 atom stereocenters. The van der Waals surface area contributed by atoms with Gasteiger partial charge in [-0.1, -0.05) is 6.92 Å². The van der Waals surface area contributed by atoms with Crippen molar-refractivity contribution in [3.63, 3.8) is 0 Å². The molecular formula is C15H20FNOS. The second-order valence-corrected chi connectivity index (χ2v) is 6.64. The maximum Gasteiger partial charge on any atom is 0.235 e. The standard InChI is InChI=1S/C15H20FNOS/c1-11-7-9-17(10-8-11)15(18)12(2)19-14-5-3-13(16)4-6-14/h3-6,11-12H,7-10H2,1-2H3. The highest BCUT2D eigenvalue weighted by Gasteiger charge is 2.24. The molecule has 1 fully saturated rings. The van der Waals surface area contributed by atoms with Crippen LogP contribution in [0, 0.1) is 11.7 Å². The van der Waals surface area contributed by atoms with Crippen LogP contribution in [0.4, 0.5) is 4.39 Å². The molecule has 0 aliphatic carbocycles. The van der Waals surface area contributed by atoms with Gasteiger partial charge in [0.1, 0.15) is 5.82 Å². The van der Waals surface area contributed by atoms with Gasteiger partial charge in [0, 0.05) is 18.0 Å². The Morgan fingerprint density at radius 2 is 1.89 bits per heavy atom. The summed E-state index contributed by atoms with van der Waals surface area (Å²) in [6.45, 7) is 5.90. The van der Waals surface area contributed by atoms with E-state index in [9.17, 15) is 9.18 Å².